The number of nitrogens with two attached hydrogens (primary N) is 5. The second-order valence-corrected chi connectivity index (χ2v) is 27.2. The number of methoxy groups -OCH3 is 4. The smallest absolute Gasteiger partial charge is 0.422 e. The number of hydrogen-bond acceptors (Lipinski definition) is 25. The van der Waals surface area contributed by atoms with Gasteiger partial charge in [-0.05, 0) is 117 Å². The third-order valence-corrected chi connectivity index (χ3v) is 18.0. The number of aromatic nitrogens is 5. The standard InChI is InChI=1S/C21H17ClF2N2O4.C16H13ClF4N2O3.C16H14ClF3N2O3.C15H12ClF3N2O3.C14H10ClF3N2O4/c1-28-19-13(22)9-8-12(14(19)23)17-15(24)16(25)20(29-2)18(26-17)21(27)30-10-11-6-4-3-5-7-11;1-2-25-15(24)13-14(26-7-16(19,20)21)11(22)6-12(23-13)9-4-3-8(17)5-10(9)18;1-2-24-16(23)14-15(25-7-13(19)20)11(21)6-12(22-14)9-4-3-8(17)5-10(9)18;1-5(17)8-7(16)4-3-6(9(8)18)12-10(19)11(20)14(24-2)13(21-12)15(22)23;1-23-11-6(15)3-2-5(9(11)16)8-4-7(19)12(24-14(17)18)10(20-8)13(21)22/h3-9H,10H2,1-2H3,(H2,25,26);3-6H,2,7H2,1H3,(H2,22,23);3-6,13H,2,7H2,1H3,(H2,21,22);3-5H,1-2H3,(H2,20,21)(H,22,23);2-4,14H,1H3,(H2,19,20)(H,21,22). The molecule has 11 aromatic rings. The first kappa shape index (κ1) is 102. The van der Waals surface area contributed by atoms with Crippen LogP contribution in [0.4, 0.5) is 94.3 Å². The minimum absolute atomic E-state index is 0.0110. The maximum Gasteiger partial charge on any atom is 0.422 e. The molecule has 0 fully saturated rings. The number of ether oxygens (including phenoxy) is 10. The SMILES string of the molecule is CCOC(=O)c1nc(-c2ccc(Cl)cc2F)cc(N)c1OCC(F)(F)F.CCOC(=O)c1nc(-c2ccc(Cl)cc2F)cc(N)c1OCC(F)F.COc1c(C(=O)O)nc(-c2ccc(Cl)c(C(C)F)c2F)c(F)c1N.COc1c(C(=O)OCc2ccccc2)nc(-c2ccc(Cl)c(OC)c2F)c(F)c1N.COc1c(Cl)ccc(-c2cc(N)c(OC(F)F)c(C(=O)O)n2)c1F. The van der Waals surface area contributed by atoms with Crippen molar-refractivity contribution < 1.29 is 147 Å². The van der Waals surface area contributed by atoms with Crippen LogP contribution < -0.4 is 61.8 Å². The number of halogens is 20. The molecule has 5 aromatic heterocycles. The number of pyridine rings is 5. The van der Waals surface area contributed by atoms with E-state index in [2.05, 4.69) is 34.4 Å². The number of carboxylic acids is 2. The molecule has 0 radical (unpaired) electrons. The Morgan fingerprint density at radius 2 is 0.798 bits per heavy atom. The summed E-state index contributed by atoms with van der Waals surface area (Å²) in [6.07, 6.45) is -9.20. The van der Waals surface area contributed by atoms with Crippen molar-refractivity contribution in [3.8, 4) is 96.5 Å². The number of aromatic carboxylic acids is 2. The van der Waals surface area contributed by atoms with Crippen LogP contribution in [0.5, 0.6) is 40.2 Å². The number of alkyl halides is 8. The van der Waals surface area contributed by atoms with E-state index in [1.54, 1.807) is 31.2 Å². The zero-order valence-corrected chi connectivity index (χ0v) is 70.8. The summed E-state index contributed by atoms with van der Waals surface area (Å²) in [5.41, 5.74) is 21.2. The number of carbonyl (C=O) groups is 5. The third-order valence-electron chi connectivity index (χ3n) is 16.6. The van der Waals surface area contributed by atoms with Gasteiger partial charge in [0.05, 0.1) is 85.8 Å². The quantitative estimate of drug-likeness (QED) is 0.0150. The second kappa shape index (κ2) is 45.7. The summed E-state index contributed by atoms with van der Waals surface area (Å²) >= 11 is 28.8. The van der Waals surface area contributed by atoms with Gasteiger partial charge in [0.1, 0.15) is 59.6 Å². The minimum atomic E-state index is -4.65. The Balaban J connectivity index is 0.000000221. The number of esters is 3. The fourth-order valence-corrected chi connectivity index (χ4v) is 12.1. The molecule has 0 spiro atoms. The molecule has 11 rings (SSSR count). The number of anilines is 5. The van der Waals surface area contributed by atoms with Gasteiger partial charge in [-0.25, -0.2) is 92.8 Å². The van der Waals surface area contributed by atoms with Gasteiger partial charge in [-0.15, -0.1) is 0 Å². The van der Waals surface area contributed by atoms with Crippen molar-refractivity contribution in [1.29, 1.82) is 0 Å². The Labute approximate surface area is 744 Å². The van der Waals surface area contributed by atoms with E-state index in [0.29, 0.717) is 0 Å². The molecule has 0 aliphatic carbocycles. The highest BCUT2D eigenvalue weighted by Crippen LogP contribution is 2.44. The summed E-state index contributed by atoms with van der Waals surface area (Å²) in [5.74, 6) is -15.9. The molecule has 6 aromatic carbocycles. The fraction of sp³-hybridized carbons (Fsp3) is 0.195. The number of nitrogens with zero attached hydrogens (tertiary/aromatic N) is 5. The topological polar surface area (TPSA) is 413 Å². The van der Waals surface area contributed by atoms with Gasteiger partial charge < -0.3 is 86.3 Å². The van der Waals surface area contributed by atoms with Crippen molar-refractivity contribution in [3.63, 3.8) is 0 Å². The monoisotopic (exact) mass is 1920 g/mol. The van der Waals surface area contributed by atoms with Crippen LogP contribution in [0.2, 0.25) is 25.1 Å². The summed E-state index contributed by atoms with van der Waals surface area (Å²) in [5, 5.41) is 18.4. The Bertz CT molecular complexity index is 5990. The lowest BCUT2D eigenvalue weighted by atomic mass is 10.0. The highest BCUT2D eigenvalue weighted by molar-refractivity contribution is 6.33. The van der Waals surface area contributed by atoms with Gasteiger partial charge in [0.15, 0.2) is 98.6 Å². The van der Waals surface area contributed by atoms with Crippen molar-refractivity contribution >= 4 is 116 Å². The molecule has 12 N–H and O–H groups in total. The Kier molecular flexibility index (Phi) is 36.3. The van der Waals surface area contributed by atoms with E-state index < -0.39 is 194 Å². The van der Waals surface area contributed by atoms with E-state index in [1.165, 1.54) is 82.9 Å². The van der Waals surface area contributed by atoms with Gasteiger partial charge >= 0.3 is 42.6 Å². The molecule has 47 heteroatoms. The molecule has 0 saturated carbocycles. The van der Waals surface area contributed by atoms with Crippen LogP contribution in [-0.4, -0.2) is 139 Å². The maximum absolute atomic E-state index is 14.9. The molecule has 27 nitrogen and oxygen atoms in total. The first-order valence-electron chi connectivity index (χ1n) is 35.9. The van der Waals surface area contributed by atoms with Crippen molar-refractivity contribution in [2.45, 2.75) is 52.8 Å². The summed E-state index contributed by atoms with van der Waals surface area (Å²) in [6, 6.07) is 27.1. The van der Waals surface area contributed by atoms with Gasteiger partial charge in [-0.2, -0.15) is 22.0 Å². The molecule has 1 atom stereocenters. The molecule has 0 saturated heterocycles. The van der Waals surface area contributed by atoms with Crippen LogP contribution in [0, 0.1) is 40.7 Å². The zero-order valence-electron chi connectivity index (χ0n) is 67.0. The Morgan fingerprint density at radius 1 is 0.426 bits per heavy atom. The van der Waals surface area contributed by atoms with Crippen LogP contribution in [0.3, 0.4) is 0 Å². The number of benzene rings is 6. The summed E-state index contributed by atoms with van der Waals surface area (Å²) < 4.78 is 250. The molecule has 0 amide bonds. The number of hydrogen-bond donors (Lipinski definition) is 7. The molecule has 0 bridgehead atoms. The average Bonchev–Trinajstić information content (AvgIpc) is 0.763. The number of carbonyl (C=O) groups excluding carboxylic acids is 3. The van der Waals surface area contributed by atoms with Crippen molar-refractivity contribution in [2.75, 3.05) is 83.5 Å². The average molecular weight is 1930 g/mol. The van der Waals surface area contributed by atoms with Crippen molar-refractivity contribution in [2.24, 2.45) is 0 Å². The molecular formula is C82H66Cl5F15N10O17. The Hall–Kier alpha value is -13.6. The number of carboxylic acid groups (broad SMARTS) is 2. The first-order chi connectivity index (χ1) is 60.8. The molecule has 0 aliphatic rings. The summed E-state index contributed by atoms with van der Waals surface area (Å²) in [6.45, 7) is -1.93. The van der Waals surface area contributed by atoms with E-state index >= 15 is 0 Å². The predicted octanol–water partition coefficient (Wildman–Crippen LogP) is 20.3. The van der Waals surface area contributed by atoms with Gasteiger partial charge in [0.25, 0.3) is 6.43 Å². The first-order valence-corrected chi connectivity index (χ1v) is 37.8. The largest absolute Gasteiger partial charge is 0.492 e. The molecule has 129 heavy (non-hydrogen) atoms. The lowest BCUT2D eigenvalue weighted by Gasteiger charge is -2.15. The minimum Gasteiger partial charge on any atom is -0.492 e. The van der Waals surface area contributed by atoms with Crippen LogP contribution in [0.25, 0.3) is 56.3 Å². The lowest BCUT2D eigenvalue weighted by molar-refractivity contribution is -0.153. The van der Waals surface area contributed by atoms with Crippen LogP contribution in [0.15, 0.2) is 121 Å². The third kappa shape index (κ3) is 25.7. The van der Waals surface area contributed by atoms with Gasteiger partial charge in [-0.1, -0.05) is 88.3 Å². The second-order valence-electron chi connectivity index (χ2n) is 25.1. The predicted molar refractivity (Wildman–Crippen MR) is 442 cm³/mol. The van der Waals surface area contributed by atoms with E-state index in [4.69, 9.17) is 135 Å². The lowest BCUT2D eigenvalue weighted by Crippen LogP contribution is -2.22. The van der Waals surface area contributed by atoms with Crippen LogP contribution in [-0.2, 0) is 20.8 Å². The molecular weight excluding hydrogens is 1860 g/mol. The highest BCUT2D eigenvalue weighted by Gasteiger charge is 2.35. The van der Waals surface area contributed by atoms with Gasteiger partial charge in [-0.3, -0.25) is 0 Å². The normalized spacial score (nSPS) is 11.1. The fourth-order valence-electron chi connectivity index (χ4n) is 11.0. The van der Waals surface area contributed by atoms with Crippen LogP contribution >= 0.6 is 58.0 Å². The molecule has 686 valence electrons. The van der Waals surface area contributed by atoms with Crippen molar-refractivity contribution in [1.82, 2.24) is 24.9 Å². The van der Waals surface area contributed by atoms with Crippen LogP contribution in [0.1, 0.15) is 90.5 Å². The number of nitrogen functional groups attached to an aromatic ring is 5. The van der Waals surface area contributed by atoms with E-state index in [9.17, 15) is 89.8 Å². The van der Waals surface area contributed by atoms with Gasteiger partial charge in [0, 0.05) is 48.4 Å². The summed E-state index contributed by atoms with van der Waals surface area (Å²) in [7, 11) is 4.70. The zero-order chi connectivity index (χ0) is 96.1. The molecule has 5 heterocycles. The molecule has 0 aliphatic heterocycles. The van der Waals surface area contributed by atoms with E-state index in [1.807, 2.05) is 6.07 Å². The number of rotatable bonds is 26. The van der Waals surface area contributed by atoms with Crippen molar-refractivity contribution in [3.05, 3.63) is 227 Å². The van der Waals surface area contributed by atoms with E-state index in [0.717, 1.165) is 56.0 Å². The van der Waals surface area contributed by atoms with E-state index in [-0.39, 0.29) is 119 Å². The summed E-state index contributed by atoms with van der Waals surface area (Å²) in [4.78, 5) is 78.3. The van der Waals surface area contributed by atoms with Gasteiger partial charge in [0.2, 0.25) is 0 Å². The highest BCUT2D eigenvalue weighted by atomic mass is 35.5. The maximum atomic E-state index is 14.9. The molecule has 1 unspecified atom stereocenters. The Morgan fingerprint density at radius 3 is 1.22 bits per heavy atom.